The minimum atomic E-state index is -0.533. The third-order valence-electron chi connectivity index (χ3n) is 2.70. The Labute approximate surface area is 116 Å². The largest absolute Gasteiger partial charge is 0.493 e. The molecule has 20 heavy (non-hydrogen) atoms. The summed E-state index contributed by atoms with van der Waals surface area (Å²) in [5, 5.41) is 0. The SMILES string of the molecule is COc1cc(CN)ccc1Oc1ccc(C(N)=O)cn1. The zero-order valence-electron chi connectivity index (χ0n) is 11.0. The number of pyridine rings is 1. The Morgan fingerprint density at radius 1 is 1.25 bits per heavy atom. The molecule has 6 heteroatoms. The van der Waals surface area contributed by atoms with Gasteiger partial charge in [-0.3, -0.25) is 4.79 Å². The molecule has 0 aliphatic carbocycles. The summed E-state index contributed by atoms with van der Waals surface area (Å²) in [5.74, 6) is 0.889. The molecule has 4 N–H and O–H groups in total. The van der Waals surface area contributed by atoms with Gasteiger partial charge in [0.15, 0.2) is 11.5 Å². The molecule has 104 valence electrons. The van der Waals surface area contributed by atoms with Crippen molar-refractivity contribution in [2.45, 2.75) is 6.54 Å². The molecule has 1 aromatic heterocycles. The quantitative estimate of drug-likeness (QED) is 0.858. The molecule has 0 fully saturated rings. The Morgan fingerprint density at radius 3 is 2.60 bits per heavy atom. The normalized spacial score (nSPS) is 10.1. The van der Waals surface area contributed by atoms with E-state index in [-0.39, 0.29) is 0 Å². The predicted octanol–water partition coefficient (Wildman–Crippen LogP) is 1.44. The second-order valence-corrected chi connectivity index (χ2v) is 4.04. The molecule has 1 heterocycles. The number of ether oxygens (including phenoxy) is 2. The Bertz CT molecular complexity index is 612. The Morgan fingerprint density at radius 2 is 2.05 bits per heavy atom. The summed E-state index contributed by atoms with van der Waals surface area (Å²) in [6.07, 6.45) is 1.36. The van der Waals surface area contributed by atoms with Gasteiger partial charge in [-0.2, -0.15) is 0 Å². The number of amides is 1. The van der Waals surface area contributed by atoms with Crippen LogP contribution in [0.4, 0.5) is 0 Å². The molecule has 0 aliphatic rings. The van der Waals surface area contributed by atoms with E-state index in [0.717, 1.165) is 5.56 Å². The number of primary amides is 1. The van der Waals surface area contributed by atoms with E-state index in [4.69, 9.17) is 20.9 Å². The van der Waals surface area contributed by atoms with Gasteiger partial charge in [-0.15, -0.1) is 0 Å². The third-order valence-corrected chi connectivity index (χ3v) is 2.70. The molecule has 0 saturated heterocycles. The maximum Gasteiger partial charge on any atom is 0.250 e. The summed E-state index contributed by atoms with van der Waals surface area (Å²) in [7, 11) is 1.55. The van der Waals surface area contributed by atoms with Crippen LogP contribution in [-0.2, 0) is 6.54 Å². The van der Waals surface area contributed by atoms with Crippen molar-refractivity contribution < 1.29 is 14.3 Å². The van der Waals surface area contributed by atoms with Crippen molar-refractivity contribution in [1.82, 2.24) is 4.98 Å². The minimum Gasteiger partial charge on any atom is -0.493 e. The summed E-state index contributed by atoms with van der Waals surface area (Å²) in [4.78, 5) is 15.0. The van der Waals surface area contributed by atoms with Crippen LogP contribution in [0.3, 0.4) is 0 Å². The Hall–Kier alpha value is -2.60. The van der Waals surface area contributed by atoms with Gasteiger partial charge in [0.2, 0.25) is 11.8 Å². The molecule has 0 aliphatic heterocycles. The van der Waals surface area contributed by atoms with Gasteiger partial charge in [0.05, 0.1) is 12.7 Å². The van der Waals surface area contributed by atoms with Gasteiger partial charge < -0.3 is 20.9 Å². The average molecular weight is 273 g/mol. The van der Waals surface area contributed by atoms with Crippen molar-refractivity contribution in [3.8, 4) is 17.4 Å². The van der Waals surface area contributed by atoms with E-state index in [1.165, 1.54) is 6.20 Å². The van der Waals surface area contributed by atoms with Gasteiger partial charge in [-0.1, -0.05) is 6.07 Å². The molecule has 1 aromatic carbocycles. The summed E-state index contributed by atoms with van der Waals surface area (Å²) in [6, 6.07) is 8.51. The van der Waals surface area contributed by atoms with Crippen LogP contribution in [0.25, 0.3) is 0 Å². The smallest absolute Gasteiger partial charge is 0.250 e. The number of nitrogens with zero attached hydrogens (tertiary/aromatic N) is 1. The van der Waals surface area contributed by atoms with E-state index in [1.807, 2.05) is 6.07 Å². The first-order valence-corrected chi connectivity index (χ1v) is 5.94. The maximum absolute atomic E-state index is 11.0. The monoisotopic (exact) mass is 273 g/mol. The lowest BCUT2D eigenvalue weighted by Gasteiger charge is -2.10. The van der Waals surface area contributed by atoms with E-state index in [2.05, 4.69) is 4.98 Å². The molecule has 0 atom stereocenters. The molecule has 0 bridgehead atoms. The van der Waals surface area contributed by atoms with Gasteiger partial charge in [0, 0.05) is 18.8 Å². The molecule has 2 rings (SSSR count). The van der Waals surface area contributed by atoms with Crippen LogP contribution in [0, 0.1) is 0 Å². The highest BCUT2D eigenvalue weighted by molar-refractivity contribution is 5.92. The first-order valence-electron chi connectivity index (χ1n) is 5.94. The summed E-state index contributed by atoms with van der Waals surface area (Å²) >= 11 is 0. The number of nitrogens with two attached hydrogens (primary N) is 2. The fraction of sp³-hybridized carbons (Fsp3) is 0.143. The van der Waals surface area contributed by atoms with E-state index in [1.54, 1.807) is 31.4 Å². The number of benzene rings is 1. The second kappa shape index (κ2) is 6.03. The number of hydrogen-bond donors (Lipinski definition) is 2. The highest BCUT2D eigenvalue weighted by Gasteiger charge is 2.08. The highest BCUT2D eigenvalue weighted by Crippen LogP contribution is 2.31. The molecule has 1 amide bonds. The number of methoxy groups -OCH3 is 1. The van der Waals surface area contributed by atoms with Crippen molar-refractivity contribution in [3.63, 3.8) is 0 Å². The van der Waals surface area contributed by atoms with Gasteiger partial charge in [-0.05, 0) is 23.8 Å². The predicted molar refractivity (Wildman–Crippen MR) is 73.7 cm³/mol. The fourth-order valence-electron chi connectivity index (χ4n) is 1.62. The average Bonchev–Trinajstić information content (AvgIpc) is 2.48. The lowest BCUT2D eigenvalue weighted by Crippen LogP contribution is -2.10. The first kappa shape index (κ1) is 13.8. The first-order chi connectivity index (χ1) is 9.63. The lowest BCUT2D eigenvalue weighted by molar-refractivity contribution is 0.1000. The summed E-state index contributed by atoms with van der Waals surface area (Å²) in [6.45, 7) is 0.419. The van der Waals surface area contributed by atoms with E-state index in [9.17, 15) is 4.79 Å². The topological polar surface area (TPSA) is 100 Å². The van der Waals surface area contributed by atoms with E-state index < -0.39 is 5.91 Å². The van der Waals surface area contributed by atoms with Crippen LogP contribution < -0.4 is 20.9 Å². The Balaban J connectivity index is 2.23. The number of carbonyl (C=O) groups excluding carboxylic acids is 1. The minimum absolute atomic E-state index is 0.322. The van der Waals surface area contributed by atoms with Crippen LogP contribution in [0.15, 0.2) is 36.5 Å². The zero-order valence-corrected chi connectivity index (χ0v) is 11.0. The van der Waals surface area contributed by atoms with Crippen molar-refractivity contribution in [3.05, 3.63) is 47.7 Å². The van der Waals surface area contributed by atoms with Crippen LogP contribution in [-0.4, -0.2) is 18.0 Å². The van der Waals surface area contributed by atoms with Crippen LogP contribution in [0.1, 0.15) is 15.9 Å². The van der Waals surface area contributed by atoms with Crippen LogP contribution in [0.2, 0.25) is 0 Å². The molecule has 0 spiro atoms. The Kier molecular flexibility index (Phi) is 4.17. The number of hydrogen-bond acceptors (Lipinski definition) is 5. The lowest BCUT2D eigenvalue weighted by atomic mass is 10.2. The standard InChI is InChI=1S/C14H15N3O3/c1-19-12-6-9(7-15)2-4-11(12)20-13-5-3-10(8-17-13)14(16)18/h2-6,8H,7,15H2,1H3,(H2,16,18). The summed E-state index contributed by atoms with van der Waals surface area (Å²) in [5.41, 5.74) is 12.0. The number of aromatic nitrogens is 1. The second-order valence-electron chi connectivity index (χ2n) is 4.04. The van der Waals surface area contributed by atoms with Gasteiger partial charge in [-0.25, -0.2) is 4.98 Å². The van der Waals surface area contributed by atoms with Crippen molar-refractivity contribution in [2.75, 3.05) is 7.11 Å². The van der Waals surface area contributed by atoms with E-state index >= 15 is 0 Å². The number of rotatable bonds is 5. The fourth-order valence-corrected chi connectivity index (χ4v) is 1.62. The van der Waals surface area contributed by atoms with Crippen LogP contribution in [0.5, 0.6) is 17.4 Å². The molecular formula is C14H15N3O3. The molecule has 2 aromatic rings. The van der Waals surface area contributed by atoms with Gasteiger partial charge >= 0.3 is 0 Å². The zero-order chi connectivity index (χ0) is 14.5. The molecule has 6 nitrogen and oxygen atoms in total. The molecule has 0 saturated carbocycles. The molecule has 0 unspecified atom stereocenters. The van der Waals surface area contributed by atoms with Crippen LogP contribution >= 0.6 is 0 Å². The highest BCUT2D eigenvalue weighted by atomic mass is 16.5. The number of carbonyl (C=O) groups is 1. The molecular weight excluding hydrogens is 258 g/mol. The van der Waals surface area contributed by atoms with Crippen molar-refractivity contribution >= 4 is 5.91 Å². The van der Waals surface area contributed by atoms with Crippen molar-refractivity contribution in [1.29, 1.82) is 0 Å². The van der Waals surface area contributed by atoms with Gasteiger partial charge in [0.1, 0.15) is 0 Å². The van der Waals surface area contributed by atoms with Gasteiger partial charge in [0.25, 0.3) is 0 Å². The van der Waals surface area contributed by atoms with E-state index in [0.29, 0.717) is 29.5 Å². The van der Waals surface area contributed by atoms with Crippen molar-refractivity contribution in [2.24, 2.45) is 11.5 Å². The molecule has 0 radical (unpaired) electrons. The third kappa shape index (κ3) is 3.04. The maximum atomic E-state index is 11.0. The summed E-state index contributed by atoms with van der Waals surface area (Å²) < 4.78 is 10.8.